The second kappa shape index (κ2) is 14.6. The molecule has 0 fully saturated rings. The Morgan fingerprint density at radius 1 is 0.532 bits per heavy atom. The number of para-hydroxylation sites is 1. The molecule has 6 aromatic carbocycles. The smallest absolute Gasteiger partial charge is 0.309 e. The molecule has 292 valence electrons. The summed E-state index contributed by atoms with van der Waals surface area (Å²) in [5.41, 5.74) is 5.59. The lowest BCUT2D eigenvalue weighted by Crippen LogP contribution is -2.20. The number of nitrogens with zero attached hydrogens (tertiary/aromatic N) is 6. The third kappa shape index (κ3) is 5.84. The van der Waals surface area contributed by atoms with E-state index in [1.165, 1.54) is 12.1 Å². The summed E-state index contributed by atoms with van der Waals surface area (Å²) in [4.78, 5) is 0. The number of rotatable bonds is 4. The van der Waals surface area contributed by atoms with Gasteiger partial charge in [0, 0.05) is 27.3 Å². The summed E-state index contributed by atoms with van der Waals surface area (Å²) in [6, 6.07) is 42.3. The van der Waals surface area contributed by atoms with Gasteiger partial charge in [-0.15, -0.1) is 0 Å². The van der Waals surface area contributed by atoms with Gasteiger partial charge in [0.15, 0.2) is 0 Å². The largest absolute Gasteiger partial charge is 0.417 e. The molecule has 8 aromatic rings. The van der Waals surface area contributed by atoms with Crippen LogP contribution in [-0.2, 0) is 12.6 Å². The predicted octanol–water partition coefficient (Wildman–Crippen LogP) is 11.1. The molecule has 0 unspecified atom stereocenters. The Labute approximate surface area is 353 Å². The summed E-state index contributed by atoms with van der Waals surface area (Å²) in [7, 11) is 0. The van der Waals surface area contributed by atoms with Crippen LogP contribution in [0.5, 0.6) is 0 Å². The normalized spacial score (nSPS) is 14.1. The van der Waals surface area contributed by atoms with Crippen molar-refractivity contribution in [2.75, 3.05) is 0 Å². The second-order valence-electron chi connectivity index (χ2n) is 15.1. The van der Waals surface area contributed by atoms with Crippen molar-refractivity contribution in [3.63, 3.8) is 0 Å². The molecule has 0 atom stereocenters. The molecule has 0 radical (unpaired) electrons. The van der Waals surface area contributed by atoms with E-state index in [1.54, 1.807) is 30.3 Å². The Balaban J connectivity index is 1.37. The highest BCUT2D eigenvalue weighted by molar-refractivity contribution is 6.11. The van der Waals surface area contributed by atoms with Crippen molar-refractivity contribution in [1.82, 2.24) is 9.13 Å². The maximum absolute atomic E-state index is 15.3. The van der Waals surface area contributed by atoms with Gasteiger partial charge in [-0.2, -0.15) is 34.2 Å². The molecular formula is C53H29F3N6. The summed E-state index contributed by atoms with van der Waals surface area (Å²) in [5, 5.41) is 45.8. The van der Waals surface area contributed by atoms with Crippen molar-refractivity contribution in [2.24, 2.45) is 0 Å². The molecule has 2 aromatic heterocycles. The molecule has 0 saturated heterocycles. The predicted molar refractivity (Wildman–Crippen MR) is 235 cm³/mol. The number of alkyl halides is 3. The molecule has 0 N–H and O–H groups in total. The van der Waals surface area contributed by atoms with Crippen LogP contribution in [0.2, 0.25) is 0 Å². The van der Waals surface area contributed by atoms with Crippen molar-refractivity contribution < 1.29 is 13.2 Å². The van der Waals surface area contributed by atoms with E-state index >= 15 is 13.2 Å². The highest BCUT2D eigenvalue weighted by Crippen LogP contribution is 2.45. The summed E-state index contributed by atoms with van der Waals surface area (Å²) >= 11 is 0. The molecule has 0 spiro atoms. The molecule has 0 bridgehead atoms. The topological polar surface area (TPSA) is 105 Å². The van der Waals surface area contributed by atoms with Crippen molar-refractivity contribution in [3.8, 4) is 57.9 Å². The van der Waals surface area contributed by atoms with Gasteiger partial charge in [-0.25, -0.2) is 0 Å². The average molecular weight is 807 g/mol. The fourth-order valence-corrected chi connectivity index (χ4v) is 9.13. The Kier molecular flexibility index (Phi) is 8.85. The number of benzene rings is 6. The van der Waals surface area contributed by atoms with E-state index < -0.39 is 11.7 Å². The average Bonchev–Trinajstić information content (AvgIpc) is 3.82. The minimum Gasteiger partial charge on any atom is -0.309 e. The first kappa shape index (κ1) is 37.6. The number of fused-ring (bicyclic) bond motifs is 6. The number of hydrogen-bond donors (Lipinski definition) is 0. The molecule has 2 heterocycles. The number of hydrogen-bond acceptors (Lipinski definition) is 4. The van der Waals surface area contributed by atoms with Crippen LogP contribution in [0.4, 0.5) is 13.2 Å². The van der Waals surface area contributed by atoms with Gasteiger partial charge in [-0.05, 0) is 101 Å². The molecule has 0 aliphatic heterocycles. The van der Waals surface area contributed by atoms with Gasteiger partial charge in [0.2, 0.25) is 0 Å². The van der Waals surface area contributed by atoms with Gasteiger partial charge >= 0.3 is 6.18 Å². The van der Waals surface area contributed by atoms with Crippen LogP contribution in [0.3, 0.4) is 0 Å². The first-order valence-corrected chi connectivity index (χ1v) is 19.8. The second-order valence-corrected chi connectivity index (χ2v) is 15.1. The zero-order chi connectivity index (χ0) is 42.7. The number of allylic oxidation sites excluding steroid dienone is 6. The van der Waals surface area contributed by atoms with Gasteiger partial charge in [-0.3, -0.25) is 0 Å². The SMILES string of the molecule is N#CC1=CC=CCC1=c1ccc2c3c(n(-c4cc(-c5c(C#N)cccc5C(F)(F)F)c(-n5c6ccccc6c6ccc(-c7ccccc7C#N)cc65)cc4C#N)c2c1)=CC=CC3. The summed E-state index contributed by atoms with van der Waals surface area (Å²) in [6.07, 6.45) is 7.75. The van der Waals surface area contributed by atoms with Gasteiger partial charge in [0.25, 0.3) is 0 Å². The van der Waals surface area contributed by atoms with Crippen LogP contribution in [0, 0.1) is 45.3 Å². The van der Waals surface area contributed by atoms with E-state index in [-0.39, 0.29) is 27.9 Å². The first-order chi connectivity index (χ1) is 30.2. The van der Waals surface area contributed by atoms with Gasteiger partial charge < -0.3 is 9.13 Å². The van der Waals surface area contributed by atoms with E-state index in [4.69, 9.17) is 0 Å². The van der Waals surface area contributed by atoms with Crippen molar-refractivity contribution in [2.45, 2.75) is 19.0 Å². The zero-order valence-corrected chi connectivity index (χ0v) is 32.7. The fraction of sp³-hybridized carbons (Fsp3) is 0.0566. The summed E-state index contributed by atoms with van der Waals surface area (Å²) in [6.45, 7) is 0. The molecule has 10 rings (SSSR count). The lowest BCUT2D eigenvalue weighted by atomic mass is 9.91. The Hall–Kier alpha value is -8.63. The Morgan fingerprint density at radius 3 is 2.05 bits per heavy atom. The molecule has 6 nitrogen and oxygen atoms in total. The molecule has 2 aliphatic rings. The molecule has 0 amide bonds. The van der Waals surface area contributed by atoms with E-state index in [2.05, 4.69) is 18.2 Å². The highest BCUT2D eigenvalue weighted by atomic mass is 19.4. The third-order valence-electron chi connectivity index (χ3n) is 11.8. The minimum atomic E-state index is -4.85. The molecule has 62 heavy (non-hydrogen) atoms. The van der Waals surface area contributed by atoms with Crippen LogP contribution < -0.4 is 10.6 Å². The monoisotopic (exact) mass is 806 g/mol. The Morgan fingerprint density at radius 2 is 1.24 bits per heavy atom. The lowest BCUT2D eigenvalue weighted by Gasteiger charge is -2.22. The highest BCUT2D eigenvalue weighted by Gasteiger charge is 2.36. The third-order valence-corrected chi connectivity index (χ3v) is 11.8. The van der Waals surface area contributed by atoms with Crippen LogP contribution in [0.25, 0.3) is 78.0 Å². The van der Waals surface area contributed by atoms with E-state index in [1.807, 2.05) is 118 Å². The standard InChI is InChI=1S/C53H29F3N6/c54-53(55,56)45-17-9-12-36(30-59)52(45)44-27-48(61-46-18-7-5-15-40(46)42-22-20-32(24-49(42)61)38-13-3-1-10-34(38)28-57)37(31-60)26-51(44)62-47-19-8-6-16-41(47)43-23-21-33(25-50(43)62)39-14-4-2-11-35(39)29-58/h1-12,14,16-27H,13,15H2. The van der Waals surface area contributed by atoms with Crippen LogP contribution in [0.15, 0.2) is 151 Å². The van der Waals surface area contributed by atoms with E-state index in [0.717, 1.165) is 49.5 Å². The molecular weight excluding hydrogens is 778 g/mol. The van der Waals surface area contributed by atoms with Gasteiger partial charge in [-0.1, -0.05) is 91.0 Å². The van der Waals surface area contributed by atoms with Crippen LogP contribution in [0.1, 0.15) is 34.2 Å². The maximum Gasteiger partial charge on any atom is 0.417 e. The first-order valence-electron chi connectivity index (χ1n) is 19.8. The van der Waals surface area contributed by atoms with Crippen LogP contribution in [-0.4, -0.2) is 9.13 Å². The maximum atomic E-state index is 15.3. The number of aromatic nitrogens is 2. The van der Waals surface area contributed by atoms with Crippen LogP contribution >= 0.6 is 0 Å². The molecule has 2 aliphatic carbocycles. The zero-order valence-electron chi connectivity index (χ0n) is 32.7. The van der Waals surface area contributed by atoms with Crippen molar-refractivity contribution in [1.29, 1.82) is 21.0 Å². The Bertz CT molecular complexity index is 3680. The van der Waals surface area contributed by atoms with E-state index in [9.17, 15) is 21.0 Å². The summed E-state index contributed by atoms with van der Waals surface area (Å²) in [5.74, 6) is 0. The van der Waals surface area contributed by atoms with Gasteiger partial charge in [0.05, 0.1) is 79.3 Å². The van der Waals surface area contributed by atoms with Crippen molar-refractivity contribution in [3.05, 3.63) is 190 Å². The fourth-order valence-electron chi connectivity index (χ4n) is 9.13. The minimum absolute atomic E-state index is 0.0913. The van der Waals surface area contributed by atoms with E-state index in [0.29, 0.717) is 51.8 Å². The number of halogens is 3. The van der Waals surface area contributed by atoms with Crippen molar-refractivity contribution >= 4 is 44.4 Å². The summed E-state index contributed by atoms with van der Waals surface area (Å²) < 4.78 is 49.8. The lowest BCUT2D eigenvalue weighted by molar-refractivity contribution is -0.137. The quantitative estimate of drug-likeness (QED) is 0.177. The number of nitriles is 4. The molecule has 9 heteroatoms. The molecule has 0 saturated carbocycles. The van der Waals surface area contributed by atoms with Gasteiger partial charge in [0.1, 0.15) is 6.07 Å².